The molecule has 3 nitrogen and oxygen atoms in total. The minimum absolute atomic E-state index is 0.0791. The molecule has 0 saturated carbocycles. The highest BCUT2D eigenvalue weighted by Crippen LogP contribution is 2.30. The molecule has 0 aliphatic rings. The Morgan fingerprint density at radius 2 is 1.72 bits per heavy atom. The number of para-hydroxylation sites is 1. The predicted octanol–water partition coefficient (Wildman–Crippen LogP) is 5.13. The highest BCUT2D eigenvalue weighted by molar-refractivity contribution is 7.98. The Kier molecular flexibility index (Phi) is 4.74. The van der Waals surface area contributed by atoms with Gasteiger partial charge in [0.05, 0.1) is 10.9 Å². The Bertz CT molecular complexity index is 960. The van der Waals surface area contributed by atoms with Crippen LogP contribution in [0, 0.1) is 13.8 Å². The van der Waals surface area contributed by atoms with E-state index in [1.807, 2.05) is 18.2 Å². The maximum Gasteiger partial charge on any atom is 0.259 e. The first-order valence-electron chi connectivity index (χ1n) is 8.48. The molecule has 0 fully saturated rings. The second kappa shape index (κ2) is 6.68. The van der Waals surface area contributed by atoms with Crippen LogP contribution in [-0.4, -0.2) is 9.97 Å². The Hall–Kier alpha value is -2.07. The number of nitrogens with one attached hydrogen (secondary N) is 1. The van der Waals surface area contributed by atoms with Crippen LogP contribution >= 0.6 is 11.8 Å². The van der Waals surface area contributed by atoms with Crippen molar-refractivity contribution in [2.24, 2.45) is 0 Å². The van der Waals surface area contributed by atoms with Crippen LogP contribution in [0.5, 0.6) is 0 Å². The summed E-state index contributed by atoms with van der Waals surface area (Å²) in [6.07, 6.45) is 0. The quantitative estimate of drug-likeness (QED) is 0.525. The van der Waals surface area contributed by atoms with Gasteiger partial charge >= 0.3 is 0 Å². The number of aromatic nitrogens is 2. The topological polar surface area (TPSA) is 45.8 Å². The molecule has 0 saturated heterocycles. The number of benzene rings is 2. The minimum atomic E-state index is -0.0791. The molecule has 0 unspecified atom stereocenters. The predicted molar refractivity (Wildman–Crippen MR) is 107 cm³/mol. The van der Waals surface area contributed by atoms with Crippen molar-refractivity contribution in [1.82, 2.24) is 9.97 Å². The number of aryl methyl sites for hydroxylation is 2. The second-order valence-electron chi connectivity index (χ2n) is 7.52. The number of fused-ring (bicyclic) bond motifs is 1. The summed E-state index contributed by atoms with van der Waals surface area (Å²) in [5.74, 6) is 0.795. The highest BCUT2D eigenvalue weighted by atomic mass is 32.2. The van der Waals surface area contributed by atoms with Gasteiger partial charge in [-0.2, -0.15) is 0 Å². The van der Waals surface area contributed by atoms with Gasteiger partial charge in [-0.15, -0.1) is 0 Å². The summed E-state index contributed by atoms with van der Waals surface area (Å²) >= 11 is 1.58. The maximum absolute atomic E-state index is 12.2. The molecule has 0 bridgehead atoms. The van der Waals surface area contributed by atoms with Crippen molar-refractivity contribution in [2.45, 2.75) is 50.9 Å². The van der Waals surface area contributed by atoms with E-state index in [-0.39, 0.29) is 11.0 Å². The monoisotopic (exact) mass is 352 g/mol. The molecule has 1 heterocycles. The molecule has 2 aromatic carbocycles. The fraction of sp³-hybridized carbons (Fsp3) is 0.333. The first kappa shape index (κ1) is 17.7. The lowest BCUT2D eigenvalue weighted by molar-refractivity contribution is 0.589. The van der Waals surface area contributed by atoms with E-state index in [4.69, 9.17) is 0 Å². The van der Waals surface area contributed by atoms with Gasteiger partial charge in [-0.05, 0) is 53.6 Å². The van der Waals surface area contributed by atoms with E-state index in [1.54, 1.807) is 17.8 Å². The molecule has 4 heteroatoms. The summed E-state index contributed by atoms with van der Waals surface area (Å²) in [6.45, 7) is 11.0. The number of hydrogen-bond donors (Lipinski definition) is 1. The number of thioether (sulfide) groups is 1. The van der Waals surface area contributed by atoms with Crippen LogP contribution in [0.3, 0.4) is 0 Å². The van der Waals surface area contributed by atoms with Crippen molar-refractivity contribution in [1.29, 1.82) is 0 Å². The van der Waals surface area contributed by atoms with Crippen LogP contribution in [0.15, 0.2) is 46.3 Å². The summed E-state index contributed by atoms with van der Waals surface area (Å²) < 4.78 is 0. The van der Waals surface area contributed by atoms with E-state index in [2.05, 4.69) is 56.7 Å². The van der Waals surface area contributed by atoms with Crippen molar-refractivity contribution in [3.8, 4) is 0 Å². The van der Waals surface area contributed by atoms with Crippen LogP contribution < -0.4 is 5.56 Å². The molecule has 0 spiro atoms. The third-order valence-electron chi connectivity index (χ3n) is 4.51. The smallest absolute Gasteiger partial charge is 0.259 e. The zero-order chi connectivity index (χ0) is 18.2. The average molecular weight is 353 g/mol. The van der Waals surface area contributed by atoms with E-state index in [0.717, 1.165) is 11.3 Å². The Balaban J connectivity index is 1.88. The van der Waals surface area contributed by atoms with E-state index in [0.29, 0.717) is 10.5 Å². The van der Waals surface area contributed by atoms with Crippen LogP contribution in [0.4, 0.5) is 0 Å². The van der Waals surface area contributed by atoms with Crippen molar-refractivity contribution in [2.75, 3.05) is 0 Å². The Labute approximate surface area is 152 Å². The molecule has 1 N–H and O–H groups in total. The summed E-state index contributed by atoms with van der Waals surface area (Å²) in [5, 5.41) is 1.30. The maximum atomic E-state index is 12.2. The van der Waals surface area contributed by atoms with Gasteiger partial charge in [0, 0.05) is 5.75 Å². The lowest BCUT2D eigenvalue weighted by atomic mass is 9.84. The first-order chi connectivity index (χ1) is 11.8. The molecule has 130 valence electrons. The van der Waals surface area contributed by atoms with Crippen LogP contribution in [0.2, 0.25) is 0 Å². The van der Waals surface area contributed by atoms with Crippen molar-refractivity contribution >= 4 is 22.7 Å². The van der Waals surface area contributed by atoms with Crippen LogP contribution in [0.25, 0.3) is 10.9 Å². The highest BCUT2D eigenvalue weighted by Gasteiger charge is 2.16. The zero-order valence-corrected chi connectivity index (χ0v) is 16.3. The summed E-state index contributed by atoms with van der Waals surface area (Å²) in [4.78, 5) is 19.7. The number of rotatable bonds is 3. The number of nitrogens with zero attached hydrogens (tertiary/aromatic N) is 1. The fourth-order valence-electron chi connectivity index (χ4n) is 2.93. The van der Waals surface area contributed by atoms with Gasteiger partial charge in [0.25, 0.3) is 5.56 Å². The molecule has 0 aliphatic heterocycles. The standard InChI is InChI=1S/C21H24N2OS/c1-13-10-15(21(3,4)5)11-14(2)17(13)12-25-20-22-18-9-7-6-8-16(18)19(24)23-20/h6-11H,12H2,1-5H3,(H,22,23,24). The van der Waals surface area contributed by atoms with Crippen molar-refractivity contribution < 1.29 is 0 Å². The van der Waals surface area contributed by atoms with Gasteiger partial charge in [0.2, 0.25) is 0 Å². The zero-order valence-electron chi connectivity index (χ0n) is 15.4. The molecule has 3 rings (SSSR count). The number of aromatic amines is 1. The third-order valence-corrected chi connectivity index (χ3v) is 5.41. The minimum Gasteiger partial charge on any atom is -0.301 e. The number of H-pyrrole nitrogens is 1. The largest absolute Gasteiger partial charge is 0.301 e. The SMILES string of the molecule is Cc1cc(C(C)(C)C)cc(C)c1CSc1nc2ccccc2c(=O)[nH]1. The molecule has 3 aromatic rings. The fourth-order valence-corrected chi connectivity index (χ4v) is 3.99. The van der Waals surface area contributed by atoms with Gasteiger partial charge in [0.1, 0.15) is 0 Å². The molecule has 1 aromatic heterocycles. The summed E-state index contributed by atoms with van der Waals surface area (Å²) in [5.41, 5.74) is 6.06. The normalized spacial score (nSPS) is 11.9. The van der Waals surface area contributed by atoms with Crippen molar-refractivity contribution in [3.05, 3.63) is 69.0 Å². The van der Waals surface area contributed by atoms with E-state index in [9.17, 15) is 4.79 Å². The third kappa shape index (κ3) is 3.79. The van der Waals surface area contributed by atoms with Crippen LogP contribution in [0.1, 0.15) is 43.0 Å². The van der Waals surface area contributed by atoms with Crippen LogP contribution in [-0.2, 0) is 11.2 Å². The van der Waals surface area contributed by atoms with E-state index in [1.165, 1.54) is 22.3 Å². The molecule has 0 atom stereocenters. The Morgan fingerprint density at radius 1 is 1.08 bits per heavy atom. The van der Waals surface area contributed by atoms with Gasteiger partial charge in [0.15, 0.2) is 5.16 Å². The molecule has 0 radical (unpaired) electrons. The molecule has 25 heavy (non-hydrogen) atoms. The second-order valence-corrected chi connectivity index (χ2v) is 8.48. The van der Waals surface area contributed by atoms with Gasteiger partial charge in [-0.3, -0.25) is 4.79 Å². The summed E-state index contributed by atoms with van der Waals surface area (Å²) in [6, 6.07) is 12.0. The number of hydrogen-bond acceptors (Lipinski definition) is 3. The van der Waals surface area contributed by atoms with Crippen molar-refractivity contribution in [3.63, 3.8) is 0 Å². The average Bonchev–Trinajstić information content (AvgIpc) is 2.53. The first-order valence-corrected chi connectivity index (χ1v) is 9.47. The molecule has 0 amide bonds. The lowest BCUT2D eigenvalue weighted by Crippen LogP contribution is -2.12. The lowest BCUT2D eigenvalue weighted by Gasteiger charge is -2.22. The van der Waals surface area contributed by atoms with Gasteiger partial charge in [-0.25, -0.2) is 4.98 Å². The summed E-state index contributed by atoms with van der Waals surface area (Å²) in [7, 11) is 0. The van der Waals surface area contributed by atoms with E-state index >= 15 is 0 Å². The van der Waals surface area contributed by atoms with E-state index < -0.39 is 0 Å². The molecule has 0 aliphatic carbocycles. The van der Waals surface area contributed by atoms with Gasteiger partial charge in [-0.1, -0.05) is 56.8 Å². The Morgan fingerprint density at radius 3 is 2.36 bits per heavy atom. The van der Waals surface area contributed by atoms with Gasteiger partial charge < -0.3 is 4.98 Å². The molecular formula is C21H24N2OS. The molecular weight excluding hydrogens is 328 g/mol.